The van der Waals surface area contributed by atoms with Crippen LogP contribution in [-0.4, -0.2) is 42.8 Å². The number of halogens is 1. The van der Waals surface area contributed by atoms with Crippen molar-refractivity contribution in [1.29, 1.82) is 0 Å². The minimum atomic E-state index is -0.968. The first-order chi connectivity index (χ1) is 14.8. The Labute approximate surface area is 179 Å². The highest BCUT2D eigenvalue weighted by molar-refractivity contribution is 6.24. The third kappa shape index (κ3) is 3.92. The molecule has 2 heterocycles. The number of primary amides is 1. The Balaban J connectivity index is 1.82. The molecule has 2 aromatic carbocycles. The van der Waals surface area contributed by atoms with E-state index in [2.05, 4.69) is 5.32 Å². The van der Waals surface area contributed by atoms with Crippen molar-refractivity contribution >= 4 is 17.6 Å². The van der Waals surface area contributed by atoms with Crippen LogP contribution in [0.1, 0.15) is 24.0 Å². The molecule has 0 saturated carbocycles. The molecule has 0 unspecified atom stereocenters. The highest BCUT2D eigenvalue weighted by Gasteiger charge is 2.50. The van der Waals surface area contributed by atoms with Gasteiger partial charge in [0.1, 0.15) is 17.1 Å². The number of rotatable bonds is 4. The fourth-order valence-corrected chi connectivity index (χ4v) is 4.29. The van der Waals surface area contributed by atoms with Gasteiger partial charge in [-0.3, -0.25) is 4.79 Å². The highest BCUT2D eigenvalue weighted by atomic mass is 19.1. The van der Waals surface area contributed by atoms with Crippen molar-refractivity contribution in [3.05, 3.63) is 65.2 Å². The molecule has 2 aliphatic rings. The van der Waals surface area contributed by atoms with E-state index in [0.717, 1.165) is 16.7 Å². The molecular weight excluding hydrogens is 401 g/mol. The standard InChI is InChI=1S/C23H24FN3O4/c1-14-3-4-16(15-5-7-17(24)8-6-15)13-18(14)19-20(31-22(25)29)23(26-21(19)28)9-11-27(30-2)12-10-23/h3-8,13H,9-12H2,1-2H3,(H2,25,29)(H,26,28). The Morgan fingerprint density at radius 1 is 1.13 bits per heavy atom. The van der Waals surface area contributed by atoms with Crippen molar-refractivity contribution in [3.63, 3.8) is 0 Å². The smallest absolute Gasteiger partial charge is 0.409 e. The van der Waals surface area contributed by atoms with Crippen molar-refractivity contribution in [2.24, 2.45) is 5.73 Å². The van der Waals surface area contributed by atoms with Gasteiger partial charge in [0.25, 0.3) is 5.91 Å². The number of carbonyl (C=O) groups excluding carboxylic acids is 2. The molecule has 31 heavy (non-hydrogen) atoms. The molecule has 0 aromatic heterocycles. The van der Waals surface area contributed by atoms with Gasteiger partial charge in [-0.25, -0.2) is 9.18 Å². The summed E-state index contributed by atoms with van der Waals surface area (Å²) in [5.41, 5.74) is 7.95. The van der Waals surface area contributed by atoms with E-state index in [1.807, 2.05) is 25.1 Å². The van der Waals surface area contributed by atoms with E-state index in [9.17, 15) is 14.0 Å². The van der Waals surface area contributed by atoms with Gasteiger partial charge in [-0.05, 0) is 60.2 Å². The van der Waals surface area contributed by atoms with Crippen LogP contribution in [0.5, 0.6) is 0 Å². The first-order valence-corrected chi connectivity index (χ1v) is 10.0. The maximum atomic E-state index is 13.3. The summed E-state index contributed by atoms with van der Waals surface area (Å²) in [5.74, 6) is -0.392. The first-order valence-electron chi connectivity index (χ1n) is 10.0. The number of amides is 2. The van der Waals surface area contributed by atoms with Gasteiger partial charge in [-0.15, -0.1) is 0 Å². The van der Waals surface area contributed by atoms with Crippen LogP contribution in [-0.2, 0) is 14.4 Å². The molecule has 8 heteroatoms. The maximum Gasteiger partial charge on any atom is 0.409 e. The molecular formula is C23H24FN3O4. The van der Waals surface area contributed by atoms with Crippen LogP contribution in [0.3, 0.4) is 0 Å². The van der Waals surface area contributed by atoms with Crippen molar-refractivity contribution in [1.82, 2.24) is 10.4 Å². The van der Waals surface area contributed by atoms with Crippen LogP contribution >= 0.6 is 0 Å². The van der Waals surface area contributed by atoms with E-state index >= 15 is 0 Å². The molecule has 1 saturated heterocycles. The van der Waals surface area contributed by atoms with Crippen molar-refractivity contribution < 1.29 is 23.6 Å². The van der Waals surface area contributed by atoms with Gasteiger partial charge >= 0.3 is 6.09 Å². The molecule has 2 amide bonds. The maximum absolute atomic E-state index is 13.3. The van der Waals surface area contributed by atoms with E-state index in [4.69, 9.17) is 15.3 Å². The number of benzene rings is 2. The number of nitrogens with two attached hydrogens (primary N) is 1. The summed E-state index contributed by atoms with van der Waals surface area (Å²) in [4.78, 5) is 30.2. The zero-order valence-electron chi connectivity index (χ0n) is 17.4. The molecule has 0 aliphatic carbocycles. The predicted octanol–water partition coefficient (Wildman–Crippen LogP) is 3.13. The van der Waals surface area contributed by atoms with Gasteiger partial charge in [0.05, 0.1) is 12.7 Å². The van der Waals surface area contributed by atoms with E-state index in [1.165, 1.54) is 12.1 Å². The van der Waals surface area contributed by atoms with Crippen LogP contribution in [0.15, 0.2) is 48.2 Å². The monoisotopic (exact) mass is 425 g/mol. The summed E-state index contributed by atoms with van der Waals surface area (Å²) in [6.07, 6.45) is 0.0509. The lowest BCUT2D eigenvalue weighted by atomic mass is 9.85. The molecule has 2 aromatic rings. The lowest BCUT2D eigenvalue weighted by Gasteiger charge is -2.38. The zero-order chi connectivity index (χ0) is 22.2. The van der Waals surface area contributed by atoms with E-state index < -0.39 is 11.6 Å². The summed E-state index contributed by atoms with van der Waals surface area (Å²) in [6.45, 7) is 3.00. The number of ether oxygens (including phenoxy) is 1. The number of aryl methyl sites for hydroxylation is 1. The van der Waals surface area contributed by atoms with E-state index in [0.29, 0.717) is 37.1 Å². The second-order valence-corrected chi connectivity index (χ2v) is 7.81. The quantitative estimate of drug-likeness (QED) is 0.785. The lowest BCUT2D eigenvalue weighted by Crippen LogP contribution is -2.53. The van der Waals surface area contributed by atoms with Gasteiger partial charge in [0.2, 0.25) is 0 Å². The third-order valence-electron chi connectivity index (χ3n) is 5.96. The molecule has 0 atom stereocenters. The minimum absolute atomic E-state index is 0.250. The summed E-state index contributed by atoms with van der Waals surface area (Å²) in [6, 6.07) is 11.8. The molecule has 1 fully saturated rings. The number of piperidine rings is 1. The minimum Gasteiger partial charge on any atom is -0.412 e. The summed E-state index contributed by atoms with van der Waals surface area (Å²) < 4.78 is 18.8. The number of hydrogen-bond donors (Lipinski definition) is 2. The molecule has 1 spiro atoms. The SMILES string of the molecule is CON1CCC2(CC1)NC(=O)C(c1cc(-c3ccc(F)cc3)ccc1C)=C2OC(N)=O. The second-order valence-electron chi connectivity index (χ2n) is 7.81. The average molecular weight is 425 g/mol. The summed E-state index contributed by atoms with van der Waals surface area (Å²) >= 11 is 0. The largest absolute Gasteiger partial charge is 0.412 e. The van der Waals surface area contributed by atoms with Crippen LogP contribution in [0.4, 0.5) is 9.18 Å². The van der Waals surface area contributed by atoms with Gasteiger partial charge in [0.15, 0.2) is 0 Å². The Kier molecular flexibility index (Phi) is 5.51. The van der Waals surface area contributed by atoms with E-state index in [1.54, 1.807) is 24.3 Å². The van der Waals surface area contributed by atoms with Crippen LogP contribution in [0.2, 0.25) is 0 Å². The Morgan fingerprint density at radius 3 is 2.39 bits per heavy atom. The number of carbonyl (C=O) groups is 2. The van der Waals surface area contributed by atoms with Crippen molar-refractivity contribution in [3.8, 4) is 11.1 Å². The molecule has 0 radical (unpaired) electrons. The van der Waals surface area contributed by atoms with E-state index in [-0.39, 0.29) is 17.5 Å². The Bertz CT molecular complexity index is 1060. The summed E-state index contributed by atoms with van der Waals surface area (Å²) in [5, 5.41) is 4.82. The molecule has 2 aliphatic heterocycles. The zero-order valence-corrected chi connectivity index (χ0v) is 17.4. The van der Waals surface area contributed by atoms with Gasteiger partial charge in [-0.1, -0.05) is 24.3 Å². The van der Waals surface area contributed by atoms with Gasteiger partial charge in [0, 0.05) is 13.1 Å². The lowest BCUT2D eigenvalue weighted by molar-refractivity contribution is -0.152. The number of hydroxylamine groups is 2. The van der Waals surface area contributed by atoms with Crippen molar-refractivity contribution in [2.75, 3.05) is 20.2 Å². The molecule has 162 valence electrons. The van der Waals surface area contributed by atoms with Crippen molar-refractivity contribution in [2.45, 2.75) is 25.3 Å². The number of nitrogens with zero attached hydrogens (tertiary/aromatic N) is 1. The molecule has 3 N–H and O–H groups in total. The second kappa shape index (κ2) is 8.13. The average Bonchev–Trinajstić information content (AvgIpc) is 3.00. The first kappa shape index (κ1) is 21.0. The van der Waals surface area contributed by atoms with Gasteiger partial charge < -0.3 is 20.6 Å². The highest BCUT2D eigenvalue weighted by Crippen LogP contribution is 2.42. The molecule has 4 rings (SSSR count). The third-order valence-corrected chi connectivity index (χ3v) is 5.96. The molecule has 7 nitrogen and oxygen atoms in total. The predicted molar refractivity (Wildman–Crippen MR) is 113 cm³/mol. The fraction of sp³-hybridized carbons (Fsp3) is 0.304. The fourth-order valence-electron chi connectivity index (χ4n) is 4.29. The van der Waals surface area contributed by atoms with Crippen LogP contribution < -0.4 is 11.1 Å². The van der Waals surface area contributed by atoms with Crippen LogP contribution in [0, 0.1) is 12.7 Å². The number of nitrogens with one attached hydrogen (secondary N) is 1. The molecule has 0 bridgehead atoms. The van der Waals surface area contributed by atoms with Gasteiger partial charge in [-0.2, -0.15) is 5.06 Å². The van der Waals surface area contributed by atoms with Crippen LogP contribution in [0.25, 0.3) is 16.7 Å². The normalized spacial score (nSPS) is 18.4. The topological polar surface area (TPSA) is 93.9 Å². The Hall–Kier alpha value is -3.23. The summed E-state index contributed by atoms with van der Waals surface area (Å²) in [7, 11) is 1.59. The number of hydrogen-bond acceptors (Lipinski definition) is 5. The Morgan fingerprint density at radius 2 is 1.77 bits per heavy atom.